The fourth-order valence-corrected chi connectivity index (χ4v) is 4.22. The van der Waals surface area contributed by atoms with E-state index in [1.807, 2.05) is 12.1 Å². The Bertz CT molecular complexity index is 626. The van der Waals surface area contributed by atoms with Crippen molar-refractivity contribution in [1.82, 2.24) is 14.8 Å². The molecule has 0 spiro atoms. The zero-order valence-electron chi connectivity index (χ0n) is 13.7. The van der Waals surface area contributed by atoms with Gasteiger partial charge in [0.1, 0.15) is 12.7 Å². The molecule has 1 fully saturated rings. The van der Waals surface area contributed by atoms with E-state index in [0.29, 0.717) is 12.5 Å². The lowest BCUT2D eigenvalue weighted by Crippen LogP contribution is -2.46. The van der Waals surface area contributed by atoms with Gasteiger partial charge in [-0.05, 0) is 54.7 Å². The predicted octanol–water partition coefficient (Wildman–Crippen LogP) is 3.59. The Morgan fingerprint density at radius 3 is 2.65 bits per heavy atom. The van der Waals surface area contributed by atoms with E-state index in [1.54, 1.807) is 11.0 Å². The topological polar surface area (TPSA) is 50.9 Å². The van der Waals surface area contributed by atoms with Gasteiger partial charge in [0.05, 0.1) is 12.1 Å². The number of halogens is 1. The highest BCUT2D eigenvalue weighted by Gasteiger charge is 2.50. The van der Waals surface area contributed by atoms with Crippen molar-refractivity contribution in [3.63, 3.8) is 0 Å². The number of nitrogens with zero attached hydrogens (tertiary/aromatic N) is 3. The first-order valence-electron chi connectivity index (χ1n) is 8.28. The third kappa shape index (κ3) is 3.43. The van der Waals surface area contributed by atoms with E-state index in [-0.39, 0.29) is 11.8 Å². The smallest absolute Gasteiger partial charge is 0.137 e. The van der Waals surface area contributed by atoms with Crippen molar-refractivity contribution >= 4 is 11.6 Å². The Morgan fingerprint density at radius 1 is 1.30 bits per heavy atom. The lowest BCUT2D eigenvalue weighted by Gasteiger charge is -2.37. The van der Waals surface area contributed by atoms with E-state index < -0.39 is 5.60 Å². The van der Waals surface area contributed by atoms with Crippen molar-refractivity contribution in [2.45, 2.75) is 45.3 Å². The summed E-state index contributed by atoms with van der Waals surface area (Å²) < 4.78 is 1.76. The molecule has 1 saturated carbocycles. The van der Waals surface area contributed by atoms with Crippen LogP contribution in [0.2, 0.25) is 5.02 Å². The highest BCUT2D eigenvalue weighted by molar-refractivity contribution is 6.30. The predicted molar refractivity (Wildman–Crippen MR) is 91.2 cm³/mol. The van der Waals surface area contributed by atoms with E-state index in [9.17, 15) is 5.11 Å². The minimum Gasteiger partial charge on any atom is -0.387 e. The average molecular weight is 334 g/mol. The molecular weight excluding hydrogens is 310 g/mol. The molecule has 0 amide bonds. The molecule has 1 aromatic carbocycles. The van der Waals surface area contributed by atoms with Crippen LogP contribution in [0.3, 0.4) is 0 Å². The molecule has 3 rings (SSSR count). The zero-order chi connectivity index (χ0) is 16.4. The summed E-state index contributed by atoms with van der Waals surface area (Å²) in [6.45, 7) is 4.90. The van der Waals surface area contributed by atoms with Gasteiger partial charge in [-0.2, -0.15) is 5.10 Å². The maximum Gasteiger partial charge on any atom is 0.137 e. The van der Waals surface area contributed by atoms with Crippen LogP contribution < -0.4 is 0 Å². The monoisotopic (exact) mass is 333 g/mol. The van der Waals surface area contributed by atoms with Crippen molar-refractivity contribution in [2.24, 2.45) is 17.8 Å². The Morgan fingerprint density at radius 2 is 2.04 bits per heavy atom. The minimum atomic E-state index is -0.749. The molecular formula is C18H24ClN3O. The number of benzene rings is 1. The van der Waals surface area contributed by atoms with Gasteiger partial charge in [0.15, 0.2) is 0 Å². The first-order valence-corrected chi connectivity index (χ1v) is 8.66. The van der Waals surface area contributed by atoms with Crippen molar-refractivity contribution in [1.29, 1.82) is 0 Å². The summed E-state index contributed by atoms with van der Waals surface area (Å²) in [7, 11) is 0. The molecule has 1 aromatic heterocycles. The zero-order valence-corrected chi connectivity index (χ0v) is 14.4. The van der Waals surface area contributed by atoms with Crippen LogP contribution in [0.15, 0.2) is 36.9 Å². The molecule has 0 bridgehead atoms. The standard InChI is InChI=1S/C18H24ClN3O/c1-13(2)17-8-5-15(9-14-3-6-16(19)7-4-14)18(17,23)10-22-12-20-11-21-22/h3-4,6-7,11-13,15,17,23H,5,8-10H2,1-2H3/t15-,17+,18+/m1/s1. The summed E-state index contributed by atoms with van der Waals surface area (Å²) in [5.41, 5.74) is 0.474. The fourth-order valence-electron chi connectivity index (χ4n) is 4.10. The molecule has 1 heterocycles. The van der Waals surface area contributed by atoms with Gasteiger partial charge >= 0.3 is 0 Å². The third-order valence-corrected chi connectivity index (χ3v) is 5.51. The highest BCUT2D eigenvalue weighted by atomic mass is 35.5. The number of aliphatic hydroxyl groups is 1. The largest absolute Gasteiger partial charge is 0.387 e. The first kappa shape index (κ1) is 16.5. The molecule has 0 saturated heterocycles. The number of hydrogen-bond donors (Lipinski definition) is 1. The van der Waals surface area contributed by atoms with Crippen LogP contribution in [0.25, 0.3) is 0 Å². The number of aromatic nitrogens is 3. The fraction of sp³-hybridized carbons (Fsp3) is 0.556. The van der Waals surface area contributed by atoms with E-state index in [1.165, 1.54) is 11.9 Å². The Labute approximate surface area is 142 Å². The van der Waals surface area contributed by atoms with Gasteiger partial charge in [-0.25, -0.2) is 4.98 Å². The van der Waals surface area contributed by atoms with Crippen molar-refractivity contribution in [3.05, 3.63) is 47.5 Å². The SMILES string of the molecule is CC(C)[C@@H]1CC[C@H](Cc2ccc(Cl)cc2)[C@@]1(O)Cn1cncn1. The van der Waals surface area contributed by atoms with Gasteiger partial charge in [-0.1, -0.05) is 37.6 Å². The number of hydrogen-bond acceptors (Lipinski definition) is 3. The van der Waals surface area contributed by atoms with Gasteiger partial charge < -0.3 is 5.11 Å². The lowest BCUT2D eigenvalue weighted by atomic mass is 9.76. The van der Waals surface area contributed by atoms with Crippen LogP contribution in [0.4, 0.5) is 0 Å². The normalized spacial score (nSPS) is 27.7. The molecule has 1 aliphatic carbocycles. The highest BCUT2D eigenvalue weighted by Crippen LogP contribution is 2.46. The summed E-state index contributed by atoms with van der Waals surface area (Å²) in [5, 5.41) is 16.5. The summed E-state index contributed by atoms with van der Waals surface area (Å²) >= 11 is 5.98. The summed E-state index contributed by atoms with van der Waals surface area (Å²) in [5.74, 6) is 0.947. The second kappa shape index (κ2) is 6.62. The van der Waals surface area contributed by atoms with Crippen LogP contribution in [-0.2, 0) is 13.0 Å². The molecule has 0 radical (unpaired) electrons. The van der Waals surface area contributed by atoms with Crippen LogP contribution in [0, 0.1) is 17.8 Å². The van der Waals surface area contributed by atoms with E-state index in [4.69, 9.17) is 11.6 Å². The van der Waals surface area contributed by atoms with Crippen molar-refractivity contribution < 1.29 is 5.11 Å². The molecule has 3 atom stereocenters. The first-order chi connectivity index (χ1) is 11.0. The molecule has 1 aliphatic rings. The van der Waals surface area contributed by atoms with Gasteiger partial charge in [-0.15, -0.1) is 0 Å². The van der Waals surface area contributed by atoms with Crippen LogP contribution in [-0.4, -0.2) is 25.5 Å². The lowest BCUT2D eigenvalue weighted by molar-refractivity contribution is -0.0667. The molecule has 0 aliphatic heterocycles. The van der Waals surface area contributed by atoms with E-state index >= 15 is 0 Å². The molecule has 23 heavy (non-hydrogen) atoms. The molecule has 5 heteroatoms. The Hall–Kier alpha value is -1.39. The maximum absolute atomic E-state index is 11.6. The Kier molecular flexibility index (Phi) is 4.74. The molecule has 0 unspecified atom stereocenters. The summed E-state index contributed by atoms with van der Waals surface area (Å²) in [4.78, 5) is 4.01. The molecule has 4 nitrogen and oxygen atoms in total. The quantitative estimate of drug-likeness (QED) is 0.909. The van der Waals surface area contributed by atoms with E-state index in [2.05, 4.69) is 36.1 Å². The summed E-state index contributed by atoms with van der Waals surface area (Å²) in [6.07, 6.45) is 6.17. The Balaban J connectivity index is 1.83. The molecule has 124 valence electrons. The van der Waals surface area contributed by atoms with Crippen LogP contribution in [0.5, 0.6) is 0 Å². The average Bonchev–Trinajstić information content (AvgIpc) is 3.10. The van der Waals surface area contributed by atoms with Crippen LogP contribution in [0.1, 0.15) is 32.3 Å². The molecule has 1 N–H and O–H groups in total. The minimum absolute atomic E-state index is 0.222. The third-order valence-electron chi connectivity index (χ3n) is 5.26. The van der Waals surface area contributed by atoms with E-state index in [0.717, 1.165) is 24.3 Å². The van der Waals surface area contributed by atoms with Crippen molar-refractivity contribution in [2.75, 3.05) is 0 Å². The number of rotatable bonds is 5. The second-order valence-electron chi connectivity index (χ2n) is 7.04. The van der Waals surface area contributed by atoms with Crippen LogP contribution >= 0.6 is 11.6 Å². The maximum atomic E-state index is 11.6. The van der Waals surface area contributed by atoms with Gasteiger partial charge in [0, 0.05) is 5.02 Å². The van der Waals surface area contributed by atoms with Crippen molar-refractivity contribution in [3.8, 4) is 0 Å². The van der Waals surface area contributed by atoms with Gasteiger partial charge in [0.2, 0.25) is 0 Å². The van der Waals surface area contributed by atoms with Gasteiger partial charge in [-0.3, -0.25) is 4.68 Å². The van der Waals surface area contributed by atoms with Gasteiger partial charge in [0.25, 0.3) is 0 Å². The second-order valence-corrected chi connectivity index (χ2v) is 7.48. The molecule has 2 aromatic rings. The summed E-state index contributed by atoms with van der Waals surface area (Å²) in [6, 6.07) is 7.95.